The molecular formula is C7H6NO+. The molecule has 0 bridgehead atoms. The molecule has 0 saturated heterocycles. The summed E-state index contributed by atoms with van der Waals surface area (Å²) in [6.07, 6.45) is 1.28. The highest BCUT2D eigenvalue weighted by atomic mass is 16.2. The van der Waals surface area contributed by atoms with Crippen molar-refractivity contribution < 1.29 is 0 Å². The van der Waals surface area contributed by atoms with Gasteiger partial charge in [-0.25, -0.2) is 0 Å². The Labute approximate surface area is 52.8 Å². The molecule has 0 aliphatic rings. The fourth-order valence-corrected chi connectivity index (χ4v) is 0.600. The summed E-state index contributed by atoms with van der Waals surface area (Å²) in [6, 6.07) is 9.25. The third-order valence-electron chi connectivity index (χ3n) is 1.00. The fourth-order valence-electron chi connectivity index (χ4n) is 0.600. The van der Waals surface area contributed by atoms with Crippen LogP contribution in [-0.2, 0) is 0 Å². The quantitative estimate of drug-likeness (QED) is 0.401. The number of hydrogen-bond donors (Lipinski definition) is 0. The SMILES string of the molecule is O=[N+]=Cc1ccccc1. The maximum Gasteiger partial charge on any atom is 0.368 e. The van der Waals surface area contributed by atoms with E-state index in [0.29, 0.717) is 0 Å². The summed E-state index contributed by atoms with van der Waals surface area (Å²) in [4.78, 5) is 12.3. The normalized spacial score (nSPS) is 8.00. The van der Waals surface area contributed by atoms with E-state index in [9.17, 15) is 4.91 Å². The fraction of sp³-hybridized carbons (Fsp3) is 0. The van der Waals surface area contributed by atoms with E-state index in [1.54, 1.807) is 0 Å². The van der Waals surface area contributed by atoms with Crippen LogP contribution in [0, 0.1) is 4.91 Å². The van der Waals surface area contributed by atoms with Crippen LogP contribution >= 0.6 is 0 Å². The molecule has 1 aromatic carbocycles. The first-order valence-electron chi connectivity index (χ1n) is 2.64. The van der Waals surface area contributed by atoms with Gasteiger partial charge in [0, 0.05) is 0 Å². The van der Waals surface area contributed by atoms with Crippen LogP contribution in [0.3, 0.4) is 0 Å². The van der Waals surface area contributed by atoms with Gasteiger partial charge in [0.1, 0.15) is 0 Å². The molecule has 0 radical (unpaired) electrons. The van der Waals surface area contributed by atoms with Gasteiger partial charge < -0.3 is 0 Å². The van der Waals surface area contributed by atoms with Crippen molar-refractivity contribution in [3.8, 4) is 0 Å². The first-order chi connectivity index (χ1) is 4.43. The molecule has 1 rings (SSSR count). The molecule has 2 heteroatoms. The van der Waals surface area contributed by atoms with Gasteiger partial charge in [-0.3, -0.25) is 0 Å². The smallest absolute Gasteiger partial charge is 0.0622 e. The number of nitroso groups, excluding NO2 is 1. The maximum atomic E-state index is 9.67. The van der Waals surface area contributed by atoms with Gasteiger partial charge in [0.2, 0.25) is 4.85 Å². The highest BCUT2D eigenvalue weighted by molar-refractivity contribution is 5.77. The molecule has 0 aromatic heterocycles. The number of benzene rings is 1. The first kappa shape index (κ1) is 5.73. The first-order valence-corrected chi connectivity index (χ1v) is 2.64. The lowest BCUT2D eigenvalue weighted by molar-refractivity contribution is 1.60. The van der Waals surface area contributed by atoms with Crippen LogP contribution in [0.25, 0.3) is 0 Å². The van der Waals surface area contributed by atoms with Crippen LogP contribution in [0.15, 0.2) is 30.3 Å². The summed E-state index contributed by atoms with van der Waals surface area (Å²) in [5, 5.41) is 0. The zero-order chi connectivity index (χ0) is 6.53. The molecule has 9 heavy (non-hydrogen) atoms. The van der Waals surface area contributed by atoms with E-state index in [1.807, 2.05) is 30.3 Å². The molecule has 0 unspecified atom stereocenters. The lowest BCUT2D eigenvalue weighted by Gasteiger charge is -1.78. The number of rotatable bonds is 1. The Hall–Kier alpha value is -1.40. The van der Waals surface area contributed by atoms with E-state index >= 15 is 0 Å². The van der Waals surface area contributed by atoms with Crippen molar-refractivity contribution in [1.82, 2.24) is 4.85 Å². The van der Waals surface area contributed by atoms with Crippen molar-refractivity contribution in [2.45, 2.75) is 0 Å². The van der Waals surface area contributed by atoms with Crippen molar-refractivity contribution >= 4 is 6.21 Å². The molecule has 0 spiro atoms. The van der Waals surface area contributed by atoms with Crippen molar-refractivity contribution in [3.05, 3.63) is 40.8 Å². The van der Waals surface area contributed by atoms with Crippen LogP contribution in [0.4, 0.5) is 0 Å². The van der Waals surface area contributed by atoms with Crippen LogP contribution in [0.1, 0.15) is 5.56 Å². The molecule has 0 amide bonds. The van der Waals surface area contributed by atoms with Gasteiger partial charge >= 0.3 is 6.21 Å². The van der Waals surface area contributed by atoms with E-state index in [-0.39, 0.29) is 0 Å². The summed E-state index contributed by atoms with van der Waals surface area (Å²) >= 11 is 0. The van der Waals surface area contributed by atoms with Crippen LogP contribution < -0.4 is 4.85 Å². The Morgan fingerprint density at radius 1 is 1.22 bits per heavy atom. The van der Waals surface area contributed by atoms with E-state index in [0.717, 1.165) is 5.56 Å². The van der Waals surface area contributed by atoms with Gasteiger partial charge in [-0.15, -0.1) is 0 Å². The molecule has 0 atom stereocenters. The Morgan fingerprint density at radius 3 is 2.44 bits per heavy atom. The minimum atomic E-state index is 0.840. The molecule has 0 saturated carbocycles. The molecular weight excluding hydrogens is 114 g/mol. The molecule has 1 aromatic rings. The third kappa shape index (κ3) is 1.52. The Morgan fingerprint density at radius 2 is 1.89 bits per heavy atom. The Kier molecular flexibility index (Phi) is 1.78. The summed E-state index contributed by atoms with van der Waals surface area (Å²) in [5.41, 5.74) is 0.840. The topological polar surface area (TPSA) is 31.2 Å². The Balaban J connectivity index is 2.97. The molecule has 0 aliphatic heterocycles. The van der Waals surface area contributed by atoms with E-state index < -0.39 is 0 Å². The number of nitrogens with zero attached hydrogens (tertiary/aromatic N) is 1. The zero-order valence-electron chi connectivity index (χ0n) is 4.82. The standard InChI is InChI=1S/C7H6NO/c9-8-6-7-4-2-1-3-5-7/h1-6H/q+1. The second-order valence-electron chi connectivity index (χ2n) is 1.65. The molecule has 44 valence electrons. The summed E-state index contributed by atoms with van der Waals surface area (Å²) in [6.45, 7) is 0. The average Bonchev–Trinajstić information content (AvgIpc) is 1.91. The summed E-state index contributed by atoms with van der Waals surface area (Å²) in [7, 11) is 0. The lowest BCUT2D eigenvalue weighted by atomic mass is 10.2. The van der Waals surface area contributed by atoms with Gasteiger partial charge in [0.25, 0.3) is 0 Å². The minimum Gasteiger partial charge on any atom is -0.0622 e. The van der Waals surface area contributed by atoms with Crippen LogP contribution in [-0.4, -0.2) is 6.21 Å². The molecule has 0 heterocycles. The number of hydrogen-bond acceptors (Lipinski definition) is 1. The van der Waals surface area contributed by atoms with Crippen molar-refractivity contribution in [2.75, 3.05) is 0 Å². The predicted molar refractivity (Wildman–Crippen MR) is 37.1 cm³/mol. The van der Waals surface area contributed by atoms with Gasteiger partial charge in [0.15, 0.2) is 4.91 Å². The monoisotopic (exact) mass is 120 g/mol. The summed E-state index contributed by atoms with van der Waals surface area (Å²) in [5.74, 6) is 0. The maximum absolute atomic E-state index is 9.67. The van der Waals surface area contributed by atoms with Crippen molar-refractivity contribution in [1.29, 1.82) is 0 Å². The van der Waals surface area contributed by atoms with Crippen molar-refractivity contribution in [2.24, 2.45) is 0 Å². The van der Waals surface area contributed by atoms with E-state index in [4.69, 9.17) is 0 Å². The summed E-state index contributed by atoms with van der Waals surface area (Å²) < 4.78 is 0. The van der Waals surface area contributed by atoms with E-state index in [1.165, 1.54) is 6.21 Å². The predicted octanol–water partition coefficient (Wildman–Crippen LogP) is 0.939. The van der Waals surface area contributed by atoms with E-state index in [2.05, 4.69) is 4.85 Å². The zero-order valence-corrected chi connectivity index (χ0v) is 4.82. The van der Waals surface area contributed by atoms with Gasteiger partial charge in [0.05, 0.1) is 5.56 Å². The molecule has 2 nitrogen and oxygen atoms in total. The van der Waals surface area contributed by atoms with Gasteiger partial charge in [-0.05, 0) is 12.1 Å². The Bertz CT molecular complexity index is 224. The second-order valence-corrected chi connectivity index (χ2v) is 1.65. The van der Waals surface area contributed by atoms with Gasteiger partial charge in [-0.1, -0.05) is 18.2 Å². The molecule has 0 fully saturated rings. The third-order valence-corrected chi connectivity index (χ3v) is 1.00. The van der Waals surface area contributed by atoms with Crippen LogP contribution in [0.5, 0.6) is 0 Å². The minimum absolute atomic E-state index is 0.840. The highest BCUT2D eigenvalue weighted by Crippen LogP contribution is 1.91. The van der Waals surface area contributed by atoms with Crippen LogP contribution in [0.2, 0.25) is 0 Å². The van der Waals surface area contributed by atoms with Gasteiger partial charge in [-0.2, -0.15) is 0 Å². The second kappa shape index (κ2) is 2.80. The largest absolute Gasteiger partial charge is 0.368 e. The molecule has 0 N–H and O–H groups in total. The lowest BCUT2D eigenvalue weighted by Crippen LogP contribution is -1.78. The average molecular weight is 120 g/mol. The highest BCUT2D eigenvalue weighted by Gasteiger charge is 1.89. The van der Waals surface area contributed by atoms with Crippen molar-refractivity contribution in [3.63, 3.8) is 0 Å². The molecule has 0 aliphatic carbocycles.